The summed E-state index contributed by atoms with van der Waals surface area (Å²) in [5.74, 6) is -16.6. The first kappa shape index (κ1) is 28.7. The van der Waals surface area contributed by atoms with Crippen LogP contribution in [0.2, 0.25) is 0 Å². The van der Waals surface area contributed by atoms with Gasteiger partial charge in [0, 0.05) is 35.5 Å². The summed E-state index contributed by atoms with van der Waals surface area (Å²) in [6.45, 7) is 5.51. The Hall–Kier alpha value is -2.87. The van der Waals surface area contributed by atoms with Gasteiger partial charge < -0.3 is 25.2 Å². The van der Waals surface area contributed by atoms with Crippen molar-refractivity contribution in [2.24, 2.45) is 29.1 Å². The molecule has 0 unspecified atom stereocenters. The van der Waals surface area contributed by atoms with Crippen LogP contribution in [-0.2, 0) is 9.53 Å². The lowest BCUT2D eigenvalue weighted by atomic mass is 9.59. The second kappa shape index (κ2) is 8.57. The molecular formula is C27H28F5NO7. The summed E-state index contributed by atoms with van der Waals surface area (Å²) in [5, 5.41) is 47.2. The van der Waals surface area contributed by atoms with E-state index in [1.807, 2.05) is 0 Å². The average Bonchev–Trinajstić information content (AvgIpc) is 3.29. The maximum Gasteiger partial charge on any atom is 0.412 e. The first-order chi connectivity index (χ1) is 18.4. The number of aliphatic hydroxyl groups is 4. The highest BCUT2D eigenvalue weighted by atomic mass is 19.2. The zero-order valence-corrected chi connectivity index (χ0v) is 21.9. The molecule has 0 saturated heterocycles. The van der Waals surface area contributed by atoms with Crippen LogP contribution in [-0.4, -0.2) is 61.8 Å². The van der Waals surface area contributed by atoms with Crippen molar-refractivity contribution in [3.63, 3.8) is 0 Å². The molecule has 4 aliphatic rings. The van der Waals surface area contributed by atoms with Gasteiger partial charge in [-0.2, -0.15) is 0 Å². The number of aliphatic hydroxyl groups excluding tert-OH is 1. The second-order valence-electron chi connectivity index (χ2n) is 11.9. The molecule has 40 heavy (non-hydrogen) atoms. The number of Topliss-reactive ketones (excluding diaryl/α,β-unsaturated/α-hetero) is 1. The number of benzene rings is 1. The highest BCUT2D eigenvalue weighted by Crippen LogP contribution is 2.75. The summed E-state index contributed by atoms with van der Waals surface area (Å²) in [6.07, 6.45) is -0.705. The molecule has 0 aromatic heterocycles. The fourth-order valence-electron chi connectivity index (χ4n) is 7.57. The number of nitrogens with one attached hydrogen (secondary N) is 1. The molecule has 0 radical (unpaired) electrons. The zero-order chi connectivity index (χ0) is 29.9. The van der Waals surface area contributed by atoms with Crippen LogP contribution in [0.25, 0.3) is 0 Å². The van der Waals surface area contributed by atoms with Crippen LogP contribution in [0.15, 0.2) is 23.3 Å². The molecule has 8 atom stereocenters. The highest BCUT2D eigenvalue weighted by Gasteiger charge is 2.85. The first-order valence-corrected chi connectivity index (χ1v) is 12.6. The van der Waals surface area contributed by atoms with E-state index in [0.29, 0.717) is 0 Å². The molecule has 5 N–H and O–H groups in total. The van der Waals surface area contributed by atoms with Gasteiger partial charge in [-0.1, -0.05) is 32.9 Å². The standard InChI is InChI=1S/C27H28F5NO7/c1-9-5-13-25(37,21(9)35)7-11(8-34)6-12-20-24(3,4)27(20,39)22(10(2)26(12,13)38)40-23(36)33-19-17(31)15(29)14(28)16(30)18(19)32/h5-6,10,12-13,20,22,34,37-39H,7-8H2,1-4H3,(H,33,36)/t10-,12+,13-,20+,22-,25-,26-,27-/m1/s1. The lowest BCUT2D eigenvalue weighted by molar-refractivity contribution is -0.208. The Bertz CT molecular complexity index is 1380. The van der Waals surface area contributed by atoms with Crippen molar-refractivity contribution in [1.29, 1.82) is 0 Å². The Morgan fingerprint density at radius 1 is 1.02 bits per heavy atom. The molecule has 8 nitrogen and oxygen atoms in total. The number of rotatable bonds is 3. The van der Waals surface area contributed by atoms with Gasteiger partial charge in [-0.3, -0.25) is 10.1 Å². The highest BCUT2D eigenvalue weighted by molar-refractivity contribution is 6.04. The van der Waals surface area contributed by atoms with E-state index in [0.717, 1.165) is 0 Å². The third-order valence-electron chi connectivity index (χ3n) is 9.68. The van der Waals surface area contributed by atoms with E-state index in [9.17, 15) is 52.0 Å². The molecule has 218 valence electrons. The van der Waals surface area contributed by atoms with Crippen LogP contribution >= 0.6 is 0 Å². The van der Waals surface area contributed by atoms with Crippen LogP contribution in [0.1, 0.15) is 34.1 Å². The molecule has 0 aliphatic heterocycles. The number of ketones is 1. The van der Waals surface area contributed by atoms with E-state index in [1.165, 1.54) is 31.3 Å². The fourth-order valence-corrected chi connectivity index (χ4v) is 7.57. The summed E-state index contributed by atoms with van der Waals surface area (Å²) < 4.78 is 74.5. The molecule has 13 heteroatoms. The van der Waals surface area contributed by atoms with Crippen molar-refractivity contribution in [2.45, 2.75) is 57.0 Å². The van der Waals surface area contributed by atoms with E-state index >= 15 is 0 Å². The van der Waals surface area contributed by atoms with Gasteiger partial charge in [-0.25, -0.2) is 26.7 Å². The number of carbonyl (C=O) groups excluding carboxylic acids is 2. The largest absolute Gasteiger partial charge is 0.442 e. The molecule has 0 spiro atoms. The Morgan fingerprint density at radius 2 is 1.57 bits per heavy atom. The summed E-state index contributed by atoms with van der Waals surface area (Å²) >= 11 is 0. The third kappa shape index (κ3) is 3.31. The van der Waals surface area contributed by atoms with E-state index < -0.39 is 105 Å². The van der Waals surface area contributed by atoms with Crippen LogP contribution in [0.3, 0.4) is 0 Å². The normalized spacial score (nSPS) is 39.3. The van der Waals surface area contributed by atoms with Gasteiger partial charge in [0.2, 0.25) is 5.82 Å². The predicted molar refractivity (Wildman–Crippen MR) is 127 cm³/mol. The molecule has 0 bridgehead atoms. The Morgan fingerprint density at radius 3 is 2.12 bits per heavy atom. The average molecular weight is 574 g/mol. The molecule has 2 saturated carbocycles. The summed E-state index contributed by atoms with van der Waals surface area (Å²) in [4.78, 5) is 25.9. The van der Waals surface area contributed by atoms with Crippen molar-refractivity contribution in [2.75, 3.05) is 11.9 Å². The summed E-state index contributed by atoms with van der Waals surface area (Å²) in [5.41, 5.74) is -8.41. The SMILES string of the molecule is CC1=C[C@H]2[C@@]3(O)[C@H](C)[C@@H](OC(=O)Nc4c(F)c(F)c(F)c(F)c4F)[C@]4(O)[C@@H]([C@@H]3C=C(CO)C[C@]2(O)C1=O)C4(C)C. The van der Waals surface area contributed by atoms with Gasteiger partial charge in [0.05, 0.1) is 12.2 Å². The number of carbonyl (C=O) groups is 2. The molecule has 1 amide bonds. The fraction of sp³-hybridized carbons (Fsp3) is 0.556. The zero-order valence-electron chi connectivity index (χ0n) is 21.9. The smallest absolute Gasteiger partial charge is 0.412 e. The van der Waals surface area contributed by atoms with Gasteiger partial charge in [0.1, 0.15) is 23.0 Å². The van der Waals surface area contributed by atoms with Gasteiger partial charge in [-0.15, -0.1) is 0 Å². The lowest BCUT2D eigenvalue weighted by Gasteiger charge is -2.52. The first-order valence-electron chi connectivity index (χ1n) is 12.6. The van der Waals surface area contributed by atoms with Crippen LogP contribution in [0.5, 0.6) is 0 Å². The quantitative estimate of drug-likeness (QED) is 0.162. The van der Waals surface area contributed by atoms with Crippen LogP contribution in [0.4, 0.5) is 32.4 Å². The van der Waals surface area contributed by atoms with Gasteiger partial charge in [0.25, 0.3) is 0 Å². The molecule has 0 heterocycles. The maximum atomic E-state index is 14.2. The Balaban J connectivity index is 1.57. The Labute approximate surface area is 225 Å². The number of ether oxygens (including phenoxy) is 1. The van der Waals surface area contributed by atoms with Gasteiger partial charge >= 0.3 is 6.09 Å². The monoisotopic (exact) mass is 573 g/mol. The van der Waals surface area contributed by atoms with E-state index in [2.05, 4.69) is 0 Å². The molecule has 4 aliphatic carbocycles. The minimum Gasteiger partial charge on any atom is -0.442 e. The molecule has 2 fully saturated rings. The third-order valence-corrected chi connectivity index (χ3v) is 9.68. The van der Waals surface area contributed by atoms with Crippen molar-refractivity contribution in [3.05, 3.63) is 52.4 Å². The van der Waals surface area contributed by atoms with E-state index in [4.69, 9.17) is 4.74 Å². The van der Waals surface area contributed by atoms with Gasteiger partial charge in [-0.05, 0) is 18.1 Å². The topological polar surface area (TPSA) is 136 Å². The summed E-state index contributed by atoms with van der Waals surface area (Å²) in [7, 11) is 0. The summed E-state index contributed by atoms with van der Waals surface area (Å²) in [6, 6.07) is 0. The van der Waals surface area contributed by atoms with E-state index in [1.54, 1.807) is 13.8 Å². The maximum absolute atomic E-state index is 14.2. The van der Waals surface area contributed by atoms with Crippen molar-refractivity contribution in [3.8, 4) is 0 Å². The molecule has 1 aromatic carbocycles. The minimum atomic E-state index is -2.43. The second-order valence-corrected chi connectivity index (χ2v) is 11.9. The molecule has 1 aromatic rings. The lowest BCUT2D eigenvalue weighted by Crippen LogP contribution is -2.65. The van der Waals surface area contributed by atoms with Crippen molar-refractivity contribution in [1.82, 2.24) is 0 Å². The van der Waals surface area contributed by atoms with Crippen molar-refractivity contribution < 1.29 is 56.7 Å². The number of anilines is 1. The number of hydrogen-bond acceptors (Lipinski definition) is 7. The predicted octanol–water partition coefficient (Wildman–Crippen LogP) is 2.88. The molecular weight excluding hydrogens is 545 g/mol. The van der Waals surface area contributed by atoms with Gasteiger partial charge in [0.15, 0.2) is 29.1 Å². The van der Waals surface area contributed by atoms with Crippen molar-refractivity contribution >= 4 is 17.6 Å². The number of halogens is 5. The number of fused-ring (bicyclic) bond motifs is 5. The van der Waals surface area contributed by atoms with Crippen LogP contribution in [0, 0.1) is 58.2 Å². The minimum absolute atomic E-state index is 0.156. The number of hydrogen-bond donors (Lipinski definition) is 5. The Kier molecular flexibility index (Phi) is 6.14. The number of amides is 1. The van der Waals surface area contributed by atoms with Crippen LogP contribution < -0.4 is 5.32 Å². The van der Waals surface area contributed by atoms with E-state index in [-0.39, 0.29) is 17.6 Å². The molecule has 5 rings (SSSR count).